The number of oxime groups is 1. The summed E-state index contributed by atoms with van der Waals surface area (Å²) in [5.41, 5.74) is 0.507. The molecule has 4 nitrogen and oxygen atoms in total. The average molecular weight is 268 g/mol. The number of halogens is 1. The van der Waals surface area contributed by atoms with Gasteiger partial charge in [-0.2, -0.15) is 0 Å². The largest absolute Gasteiger partial charge is 0.392 e. The molecule has 2 N–H and O–H groups in total. The third-order valence-corrected chi connectivity index (χ3v) is 3.95. The van der Waals surface area contributed by atoms with Crippen LogP contribution in [0.2, 0.25) is 5.02 Å². The van der Waals surface area contributed by atoms with Crippen LogP contribution in [-0.2, 0) is 4.84 Å². The van der Waals surface area contributed by atoms with Gasteiger partial charge in [0.2, 0.25) is 0 Å². The number of nitrogens with zero attached hydrogens (tertiary/aromatic N) is 1. The monoisotopic (exact) mass is 267 g/mol. The quantitative estimate of drug-likeness (QED) is 0.812. The molecule has 1 fully saturated rings. The summed E-state index contributed by atoms with van der Waals surface area (Å²) in [6, 6.07) is 7.22. The average Bonchev–Trinajstić information content (AvgIpc) is 2.82. The highest BCUT2D eigenvalue weighted by Gasteiger charge is 2.56. The van der Waals surface area contributed by atoms with E-state index < -0.39 is 17.8 Å². The Labute approximate surface area is 110 Å². The van der Waals surface area contributed by atoms with E-state index in [0.29, 0.717) is 17.2 Å². The van der Waals surface area contributed by atoms with Gasteiger partial charge in [-0.15, -0.1) is 0 Å². The maximum Gasteiger partial charge on any atom is 0.166 e. The standard InChI is InChI=1S/C13H14ClNO3/c1-13(17)6-9(16)10-11(15-18-12(10)13)7-2-4-8(14)5-3-7/h2-5,9-10,12,16-17H,6H2,1H3/t9-,10-,12+,13-/m1/s1. The lowest BCUT2D eigenvalue weighted by Gasteiger charge is -2.21. The lowest BCUT2D eigenvalue weighted by atomic mass is 9.91. The summed E-state index contributed by atoms with van der Waals surface area (Å²) in [5.74, 6) is -0.277. The first kappa shape index (κ1) is 12.0. The Hall–Kier alpha value is -1.10. The second-order valence-electron chi connectivity index (χ2n) is 5.16. The Kier molecular flexibility index (Phi) is 2.62. The Morgan fingerprint density at radius 3 is 2.72 bits per heavy atom. The molecule has 5 heteroatoms. The van der Waals surface area contributed by atoms with Gasteiger partial charge >= 0.3 is 0 Å². The molecule has 1 heterocycles. The molecule has 0 unspecified atom stereocenters. The number of hydrogen-bond acceptors (Lipinski definition) is 4. The van der Waals surface area contributed by atoms with Crippen LogP contribution < -0.4 is 0 Å². The van der Waals surface area contributed by atoms with Crippen molar-refractivity contribution in [3.63, 3.8) is 0 Å². The van der Waals surface area contributed by atoms with Crippen molar-refractivity contribution in [3.8, 4) is 0 Å². The highest BCUT2D eigenvalue weighted by atomic mass is 35.5. The molecule has 1 aliphatic carbocycles. The molecule has 1 aromatic rings. The topological polar surface area (TPSA) is 62.0 Å². The normalized spacial score (nSPS) is 38.2. The lowest BCUT2D eigenvalue weighted by Crippen LogP contribution is -2.37. The highest BCUT2D eigenvalue weighted by Crippen LogP contribution is 2.42. The molecular formula is C13H14ClNO3. The summed E-state index contributed by atoms with van der Waals surface area (Å²) >= 11 is 5.84. The van der Waals surface area contributed by atoms with Crippen LogP contribution in [0, 0.1) is 5.92 Å². The van der Waals surface area contributed by atoms with Gasteiger partial charge in [0.15, 0.2) is 6.10 Å². The van der Waals surface area contributed by atoms with Crippen molar-refractivity contribution in [1.82, 2.24) is 0 Å². The summed E-state index contributed by atoms with van der Waals surface area (Å²) in [6.45, 7) is 1.67. The number of hydrogen-bond donors (Lipinski definition) is 2. The highest BCUT2D eigenvalue weighted by molar-refractivity contribution is 6.30. The van der Waals surface area contributed by atoms with Gasteiger partial charge in [-0.25, -0.2) is 0 Å². The molecule has 0 radical (unpaired) electrons. The van der Waals surface area contributed by atoms with E-state index >= 15 is 0 Å². The van der Waals surface area contributed by atoms with E-state index in [1.807, 2.05) is 12.1 Å². The smallest absolute Gasteiger partial charge is 0.166 e. The molecule has 1 aromatic carbocycles. The molecule has 1 saturated carbocycles. The molecule has 0 saturated heterocycles. The SMILES string of the molecule is C[C@@]1(O)C[C@@H](O)[C@@H]2C(c3ccc(Cl)cc3)=NO[C@@H]21. The van der Waals surface area contributed by atoms with Gasteiger partial charge in [0.1, 0.15) is 5.60 Å². The van der Waals surface area contributed by atoms with Crippen molar-refractivity contribution in [1.29, 1.82) is 0 Å². The van der Waals surface area contributed by atoms with Crippen LogP contribution in [0.15, 0.2) is 29.4 Å². The minimum absolute atomic E-state index is 0.277. The number of aliphatic hydroxyl groups excluding tert-OH is 1. The summed E-state index contributed by atoms with van der Waals surface area (Å²) in [7, 11) is 0. The molecular weight excluding hydrogens is 254 g/mol. The summed E-state index contributed by atoms with van der Waals surface area (Å²) < 4.78 is 0. The van der Waals surface area contributed by atoms with Gasteiger partial charge in [0, 0.05) is 11.4 Å². The van der Waals surface area contributed by atoms with E-state index in [9.17, 15) is 10.2 Å². The van der Waals surface area contributed by atoms with E-state index in [4.69, 9.17) is 16.4 Å². The van der Waals surface area contributed by atoms with E-state index in [1.165, 1.54) is 0 Å². The van der Waals surface area contributed by atoms with Gasteiger partial charge in [-0.1, -0.05) is 28.9 Å². The van der Waals surface area contributed by atoms with Crippen LogP contribution in [0.3, 0.4) is 0 Å². The third-order valence-electron chi connectivity index (χ3n) is 3.70. The molecule has 18 heavy (non-hydrogen) atoms. The van der Waals surface area contributed by atoms with Gasteiger partial charge in [0.05, 0.1) is 17.7 Å². The molecule has 0 aromatic heterocycles. The van der Waals surface area contributed by atoms with Crippen molar-refractivity contribution in [3.05, 3.63) is 34.9 Å². The Bertz CT molecular complexity index is 497. The predicted molar refractivity (Wildman–Crippen MR) is 67.6 cm³/mol. The van der Waals surface area contributed by atoms with Crippen LogP contribution >= 0.6 is 11.6 Å². The van der Waals surface area contributed by atoms with Gasteiger partial charge in [0.25, 0.3) is 0 Å². The third kappa shape index (κ3) is 1.72. The maximum atomic E-state index is 10.2. The van der Waals surface area contributed by atoms with E-state index in [1.54, 1.807) is 19.1 Å². The predicted octanol–water partition coefficient (Wildman–Crippen LogP) is 1.57. The van der Waals surface area contributed by atoms with Crippen molar-refractivity contribution in [2.24, 2.45) is 11.1 Å². The number of rotatable bonds is 1. The summed E-state index contributed by atoms with van der Waals surface area (Å²) in [4.78, 5) is 5.30. The second-order valence-corrected chi connectivity index (χ2v) is 5.60. The van der Waals surface area contributed by atoms with E-state index in [-0.39, 0.29) is 5.92 Å². The van der Waals surface area contributed by atoms with Gasteiger partial charge in [-0.05, 0) is 24.6 Å². The van der Waals surface area contributed by atoms with Crippen LogP contribution in [0.1, 0.15) is 18.9 Å². The molecule has 2 aliphatic rings. The fraction of sp³-hybridized carbons (Fsp3) is 0.462. The first-order valence-electron chi connectivity index (χ1n) is 5.89. The van der Waals surface area contributed by atoms with Crippen molar-refractivity contribution in [2.75, 3.05) is 0 Å². The summed E-state index contributed by atoms with van der Waals surface area (Å²) in [5, 5.41) is 24.9. The Balaban J connectivity index is 1.94. The molecule has 0 spiro atoms. The zero-order chi connectivity index (χ0) is 12.9. The fourth-order valence-electron chi connectivity index (χ4n) is 2.80. The molecule has 4 atom stereocenters. The number of fused-ring (bicyclic) bond motifs is 1. The zero-order valence-electron chi connectivity index (χ0n) is 9.88. The second kappa shape index (κ2) is 3.95. The van der Waals surface area contributed by atoms with Crippen molar-refractivity contribution in [2.45, 2.75) is 31.2 Å². The van der Waals surface area contributed by atoms with Crippen LogP contribution in [-0.4, -0.2) is 33.7 Å². The van der Waals surface area contributed by atoms with E-state index in [2.05, 4.69) is 5.16 Å². The molecule has 3 rings (SSSR count). The van der Waals surface area contributed by atoms with Crippen LogP contribution in [0.25, 0.3) is 0 Å². The zero-order valence-corrected chi connectivity index (χ0v) is 10.6. The number of benzene rings is 1. The van der Waals surface area contributed by atoms with Gasteiger partial charge in [-0.3, -0.25) is 0 Å². The maximum absolute atomic E-state index is 10.2. The van der Waals surface area contributed by atoms with Crippen LogP contribution in [0.5, 0.6) is 0 Å². The minimum atomic E-state index is -1.04. The minimum Gasteiger partial charge on any atom is -0.392 e. The van der Waals surface area contributed by atoms with Gasteiger partial charge < -0.3 is 15.1 Å². The van der Waals surface area contributed by atoms with E-state index in [0.717, 1.165) is 5.56 Å². The lowest BCUT2D eigenvalue weighted by molar-refractivity contribution is -0.0738. The van der Waals surface area contributed by atoms with Crippen molar-refractivity contribution < 1.29 is 15.1 Å². The first-order chi connectivity index (χ1) is 8.49. The number of aliphatic hydroxyl groups is 2. The molecule has 1 aliphatic heterocycles. The Morgan fingerprint density at radius 2 is 2.06 bits per heavy atom. The van der Waals surface area contributed by atoms with Crippen LogP contribution in [0.4, 0.5) is 0 Å². The summed E-state index contributed by atoms with van der Waals surface area (Å²) in [6.07, 6.45) is -0.810. The molecule has 0 amide bonds. The molecule has 96 valence electrons. The molecule has 0 bridgehead atoms. The first-order valence-corrected chi connectivity index (χ1v) is 6.27. The fourth-order valence-corrected chi connectivity index (χ4v) is 2.93. The Morgan fingerprint density at radius 1 is 1.39 bits per heavy atom. The van der Waals surface area contributed by atoms with Crippen molar-refractivity contribution >= 4 is 17.3 Å².